The molecule has 3 nitrogen and oxygen atoms in total. The molecule has 0 amide bonds. The molecule has 0 bridgehead atoms. The largest absolute Gasteiger partial charge is 0.398 e. The molecule has 0 atom stereocenters. The van der Waals surface area contributed by atoms with Crippen molar-refractivity contribution in [2.75, 3.05) is 0 Å². The smallest absolute Gasteiger partial charge is 0.0692 e. The van der Waals surface area contributed by atoms with Crippen LogP contribution in [0.4, 0.5) is 0 Å². The number of aromatic nitrogens is 2. The van der Waals surface area contributed by atoms with Gasteiger partial charge in [0, 0.05) is 34.1 Å². The van der Waals surface area contributed by atoms with Crippen molar-refractivity contribution in [1.82, 2.24) is 9.97 Å². The summed E-state index contributed by atoms with van der Waals surface area (Å²) in [4.78, 5) is 7.57. The molecule has 2 rings (SSSR count). The fraction of sp³-hybridized carbons (Fsp3) is 0.154. The lowest BCUT2D eigenvalue weighted by atomic mass is 10.1. The maximum Gasteiger partial charge on any atom is 0.0692 e. The number of pyridine rings is 1. The predicted molar refractivity (Wildman–Crippen MR) is 68.8 cm³/mol. The molecule has 2 aromatic rings. The van der Waals surface area contributed by atoms with Crippen LogP contribution >= 0.6 is 0 Å². The van der Waals surface area contributed by atoms with Gasteiger partial charge in [-0.2, -0.15) is 0 Å². The van der Waals surface area contributed by atoms with Crippen molar-refractivity contribution < 1.29 is 0 Å². The maximum atomic E-state index is 5.77. The molecule has 2 aromatic heterocycles. The molecule has 2 heterocycles. The molecule has 0 aliphatic heterocycles. The molecule has 3 N–H and O–H groups in total. The zero-order valence-corrected chi connectivity index (χ0v) is 9.54. The van der Waals surface area contributed by atoms with Crippen LogP contribution in [-0.4, -0.2) is 9.97 Å². The Morgan fingerprint density at radius 1 is 1.56 bits per heavy atom. The third-order valence-corrected chi connectivity index (χ3v) is 2.51. The lowest BCUT2D eigenvalue weighted by Gasteiger charge is -1.97. The first kappa shape index (κ1) is 10.5. The third kappa shape index (κ3) is 1.60. The summed E-state index contributed by atoms with van der Waals surface area (Å²) in [5, 5.41) is 1.07. The number of allylic oxidation sites excluding steroid dienone is 1. The zero-order valence-electron chi connectivity index (χ0n) is 9.54. The van der Waals surface area contributed by atoms with Crippen LogP contribution in [0.3, 0.4) is 0 Å². The number of fused-ring (bicyclic) bond motifs is 1. The van der Waals surface area contributed by atoms with E-state index in [2.05, 4.69) is 16.5 Å². The van der Waals surface area contributed by atoms with Crippen LogP contribution in [0.25, 0.3) is 22.7 Å². The molecule has 0 saturated heterocycles. The van der Waals surface area contributed by atoms with E-state index in [1.54, 1.807) is 0 Å². The molecule has 0 saturated carbocycles. The van der Waals surface area contributed by atoms with E-state index in [4.69, 9.17) is 5.73 Å². The molecular formula is C13H15N3. The highest BCUT2D eigenvalue weighted by Gasteiger charge is 2.10. The SMILES string of the molecule is C=C(N)c1[nH]c2cc(C)ncc2c1/C=C\C. The van der Waals surface area contributed by atoms with Gasteiger partial charge in [0.1, 0.15) is 0 Å². The van der Waals surface area contributed by atoms with Gasteiger partial charge in [0.05, 0.1) is 5.69 Å². The van der Waals surface area contributed by atoms with E-state index in [0.29, 0.717) is 5.70 Å². The van der Waals surface area contributed by atoms with Crippen LogP contribution in [0.2, 0.25) is 0 Å². The van der Waals surface area contributed by atoms with Crippen LogP contribution in [0.15, 0.2) is 24.9 Å². The molecule has 0 aromatic carbocycles. The molecule has 0 aliphatic carbocycles. The number of hydrogen-bond donors (Lipinski definition) is 2. The first-order valence-corrected chi connectivity index (χ1v) is 5.19. The first-order chi connectivity index (χ1) is 7.63. The van der Waals surface area contributed by atoms with Crippen LogP contribution in [0.5, 0.6) is 0 Å². The van der Waals surface area contributed by atoms with Crippen molar-refractivity contribution in [1.29, 1.82) is 0 Å². The summed E-state index contributed by atoms with van der Waals surface area (Å²) in [7, 11) is 0. The topological polar surface area (TPSA) is 54.7 Å². The molecular weight excluding hydrogens is 198 g/mol. The van der Waals surface area contributed by atoms with E-state index >= 15 is 0 Å². The van der Waals surface area contributed by atoms with Gasteiger partial charge in [0.2, 0.25) is 0 Å². The van der Waals surface area contributed by atoms with Crippen molar-refractivity contribution >= 4 is 22.7 Å². The summed E-state index contributed by atoms with van der Waals surface area (Å²) >= 11 is 0. The van der Waals surface area contributed by atoms with Gasteiger partial charge in [-0.05, 0) is 19.9 Å². The number of hydrogen-bond acceptors (Lipinski definition) is 2. The van der Waals surface area contributed by atoms with Gasteiger partial charge in [0.15, 0.2) is 0 Å². The number of aryl methyl sites for hydroxylation is 1. The summed E-state index contributed by atoms with van der Waals surface area (Å²) in [5.41, 5.74) is 10.3. The van der Waals surface area contributed by atoms with Gasteiger partial charge in [-0.3, -0.25) is 4.98 Å². The Balaban J connectivity index is 2.80. The Morgan fingerprint density at radius 3 is 2.94 bits per heavy atom. The highest BCUT2D eigenvalue weighted by atomic mass is 14.8. The summed E-state index contributed by atoms with van der Waals surface area (Å²) in [6.45, 7) is 7.72. The summed E-state index contributed by atoms with van der Waals surface area (Å²) in [6.07, 6.45) is 5.86. The van der Waals surface area contributed by atoms with Crippen molar-refractivity contribution in [2.45, 2.75) is 13.8 Å². The molecule has 0 unspecified atom stereocenters. The van der Waals surface area contributed by atoms with E-state index < -0.39 is 0 Å². The fourth-order valence-electron chi connectivity index (χ4n) is 1.81. The average molecular weight is 213 g/mol. The van der Waals surface area contributed by atoms with Crippen LogP contribution in [0, 0.1) is 6.92 Å². The van der Waals surface area contributed by atoms with Crippen molar-refractivity contribution in [3.63, 3.8) is 0 Å². The summed E-state index contributed by atoms with van der Waals surface area (Å²) < 4.78 is 0. The number of nitrogens with two attached hydrogens (primary N) is 1. The van der Waals surface area contributed by atoms with E-state index in [9.17, 15) is 0 Å². The second-order valence-electron chi connectivity index (χ2n) is 3.81. The van der Waals surface area contributed by atoms with E-state index in [-0.39, 0.29) is 0 Å². The van der Waals surface area contributed by atoms with Gasteiger partial charge in [0.25, 0.3) is 0 Å². The number of nitrogens with one attached hydrogen (secondary N) is 1. The first-order valence-electron chi connectivity index (χ1n) is 5.19. The molecule has 0 aliphatic rings. The summed E-state index contributed by atoms with van der Waals surface area (Å²) in [6, 6.07) is 2.01. The third-order valence-electron chi connectivity index (χ3n) is 2.51. The minimum atomic E-state index is 0.543. The zero-order chi connectivity index (χ0) is 11.7. The Morgan fingerprint density at radius 2 is 2.31 bits per heavy atom. The maximum absolute atomic E-state index is 5.77. The van der Waals surface area contributed by atoms with E-state index in [1.807, 2.05) is 38.3 Å². The van der Waals surface area contributed by atoms with Crippen LogP contribution in [0.1, 0.15) is 23.9 Å². The molecule has 0 spiro atoms. The van der Waals surface area contributed by atoms with Gasteiger partial charge in [-0.25, -0.2) is 0 Å². The predicted octanol–water partition coefficient (Wildman–Crippen LogP) is 2.83. The lowest BCUT2D eigenvalue weighted by molar-refractivity contribution is 1.22. The minimum Gasteiger partial charge on any atom is -0.398 e. The molecule has 0 radical (unpaired) electrons. The number of aromatic amines is 1. The lowest BCUT2D eigenvalue weighted by Crippen LogP contribution is -1.95. The molecule has 82 valence electrons. The molecule has 16 heavy (non-hydrogen) atoms. The molecule has 0 fully saturated rings. The van der Waals surface area contributed by atoms with Crippen LogP contribution < -0.4 is 5.73 Å². The number of nitrogens with zero attached hydrogens (tertiary/aromatic N) is 1. The monoisotopic (exact) mass is 213 g/mol. The normalized spacial score (nSPS) is 11.4. The Hall–Kier alpha value is -2.03. The van der Waals surface area contributed by atoms with Crippen molar-refractivity contribution in [3.8, 4) is 0 Å². The average Bonchev–Trinajstić information content (AvgIpc) is 2.57. The van der Waals surface area contributed by atoms with Crippen molar-refractivity contribution in [3.05, 3.63) is 41.9 Å². The number of H-pyrrole nitrogens is 1. The second-order valence-corrected chi connectivity index (χ2v) is 3.81. The second kappa shape index (κ2) is 3.85. The van der Waals surface area contributed by atoms with Gasteiger partial charge in [-0.1, -0.05) is 18.7 Å². The standard InChI is InChI=1S/C13H15N3/c1-4-5-10-11-7-15-8(2)6-12(11)16-13(10)9(3)14/h4-7,16H,3,14H2,1-2H3/b5-4-. The van der Waals surface area contributed by atoms with E-state index in [0.717, 1.165) is 27.9 Å². The number of rotatable bonds is 2. The highest BCUT2D eigenvalue weighted by Crippen LogP contribution is 2.26. The highest BCUT2D eigenvalue weighted by molar-refractivity contribution is 5.94. The van der Waals surface area contributed by atoms with Gasteiger partial charge >= 0.3 is 0 Å². The van der Waals surface area contributed by atoms with E-state index in [1.165, 1.54) is 0 Å². The Kier molecular flexibility index (Phi) is 2.52. The fourth-order valence-corrected chi connectivity index (χ4v) is 1.81. The summed E-state index contributed by atoms with van der Waals surface area (Å²) in [5.74, 6) is 0. The van der Waals surface area contributed by atoms with Gasteiger partial charge in [-0.15, -0.1) is 0 Å². The quantitative estimate of drug-likeness (QED) is 0.806. The molecule has 3 heteroatoms. The Labute approximate surface area is 94.7 Å². The van der Waals surface area contributed by atoms with Gasteiger partial charge < -0.3 is 10.7 Å². The van der Waals surface area contributed by atoms with Crippen molar-refractivity contribution in [2.24, 2.45) is 5.73 Å². The minimum absolute atomic E-state index is 0.543. The Bertz CT molecular complexity index is 576. The van der Waals surface area contributed by atoms with Crippen LogP contribution in [-0.2, 0) is 0 Å².